The number of halogens is 2. The average molecular weight is 503 g/mol. The van der Waals surface area contributed by atoms with Gasteiger partial charge in [-0.15, -0.1) is 0 Å². The van der Waals surface area contributed by atoms with Crippen LogP contribution in [0.1, 0.15) is 54.4 Å². The van der Waals surface area contributed by atoms with Crippen molar-refractivity contribution < 1.29 is 18.3 Å². The molecule has 2 N–H and O–H groups in total. The fraction of sp³-hybridized carbons (Fsp3) is 0.577. The summed E-state index contributed by atoms with van der Waals surface area (Å²) in [5, 5.41) is 6.38. The van der Waals surface area contributed by atoms with Gasteiger partial charge in [-0.2, -0.15) is 4.98 Å². The summed E-state index contributed by atoms with van der Waals surface area (Å²) < 4.78 is 33.7. The van der Waals surface area contributed by atoms with Crippen LogP contribution in [0.4, 0.5) is 31.9 Å². The zero-order valence-corrected chi connectivity index (χ0v) is 22.1. The number of ether oxygens (including phenoxy) is 1. The minimum absolute atomic E-state index is 0.0434. The fourth-order valence-corrected chi connectivity index (χ4v) is 5.28. The molecule has 0 spiro atoms. The molecular weight excluding hydrogens is 466 g/mol. The molecule has 10 heteroatoms. The van der Waals surface area contributed by atoms with Crippen molar-refractivity contribution in [2.24, 2.45) is 0 Å². The number of carbonyl (C=O) groups is 1. The van der Waals surface area contributed by atoms with Crippen LogP contribution in [0.2, 0.25) is 0 Å². The molecule has 4 rings (SSSR count). The second-order valence-electron chi connectivity index (χ2n) is 11.4. The summed E-state index contributed by atoms with van der Waals surface area (Å²) in [6.07, 6.45) is 2.82. The quantitative estimate of drug-likeness (QED) is 0.582. The van der Waals surface area contributed by atoms with Gasteiger partial charge in [-0.3, -0.25) is 9.69 Å². The van der Waals surface area contributed by atoms with Gasteiger partial charge in [0.2, 0.25) is 5.95 Å². The summed E-state index contributed by atoms with van der Waals surface area (Å²) in [6, 6.07) is 5.16. The molecule has 0 saturated carbocycles. The zero-order chi connectivity index (χ0) is 26.5. The molecule has 0 aliphatic carbocycles. The number of piperidine rings is 1. The third kappa shape index (κ3) is 4.96. The Balaban J connectivity index is 1.55. The fourth-order valence-electron chi connectivity index (χ4n) is 5.28. The van der Waals surface area contributed by atoms with Gasteiger partial charge < -0.3 is 20.3 Å². The Morgan fingerprint density at radius 2 is 1.81 bits per heavy atom. The lowest BCUT2D eigenvalue weighted by molar-refractivity contribution is -0.132. The number of hydrogen-bond donors (Lipinski definition) is 2. The van der Waals surface area contributed by atoms with E-state index < -0.39 is 18.1 Å². The maximum atomic E-state index is 14.7. The SMILES string of the molecule is CN1C(C)(C)CC(Nc2nc(Nc3ccc4c(c3)OC(C)(C)C(=O)N4CCF)ncc2F)CC1(C)C. The van der Waals surface area contributed by atoms with Crippen molar-refractivity contribution in [3.8, 4) is 5.75 Å². The molecule has 0 unspecified atom stereocenters. The molecule has 8 nitrogen and oxygen atoms in total. The number of alkyl halides is 1. The van der Waals surface area contributed by atoms with E-state index in [1.807, 2.05) is 0 Å². The Hall–Kier alpha value is -3.01. The first-order chi connectivity index (χ1) is 16.7. The predicted molar refractivity (Wildman–Crippen MR) is 137 cm³/mol. The summed E-state index contributed by atoms with van der Waals surface area (Å²) in [4.78, 5) is 24.9. The molecule has 2 aliphatic heterocycles. The van der Waals surface area contributed by atoms with E-state index in [2.05, 4.69) is 60.2 Å². The van der Waals surface area contributed by atoms with Crippen LogP contribution in [0.25, 0.3) is 0 Å². The molecule has 1 aromatic carbocycles. The third-order valence-electron chi connectivity index (χ3n) is 7.33. The molecule has 36 heavy (non-hydrogen) atoms. The number of rotatable bonds is 6. The molecule has 3 heterocycles. The molecule has 0 atom stereocenters. The molecule has 1 aromatic heterocycles. The summed E-state index contributed by atoms with van der Waals surface area (Å²) >= 11 is 0. The van der Waals surface area contributed by atoms with Gasteiger partial charge >= 0.3 is 0 Å². The van der Waals surface area contributed by atoms with Gasteiger partial charge in [-0.25, -0.2) is 13.8 Å². The van der Waals surface area contributed by atoms with Crippen LogP contribution in [-0.2, 0) is 4.79 Å². The third-order valence-corrected chi connectivity index (χ3v) is 7.33. The number of nitrogens with zero attached hydrogens (tertiary/aromatic N) is 4. The number of hydrogen-bond acceptors (Lipinski definition) is 7. The average Bonchev–Trinajstić information content (AvgIpc) is 2.77. The largest absolute Gasteiger partial charge is 0.476 e. The smallest absolute Gasteiger partial charge is 0.270 e. The van der Waals surface area contributed by atoms with Crippen LogP contribution >= 0.6 is 0 Å². The van der Waals surface area contributed by atoms with E-state index in [0.717, 1.165) is 19.0 Å². The van der Waals surface area contributed by atoms with Crippen molar-refractivity contribution in [2.45, 2.75) is 77.1 Å². The van der Waals surface area contributed by atoms with E-state index >= 15 is 0 Å². The minimum atomic E-state index is -1.13. The summed E-state index contributed by atoms with van der Waals surface area (Å²) in [7, 11) is 2.12. The maximum Gasteiger partial charge on any atom is 0.270 e. The van der Waals surface area contributed by atoms with E-state index in [4.69, 9.17) is 4.74 Å². The van der Waals surface area contributed by atoms with Crippen molar-refractivity contribution in [3.05, 3.63) is 30.2 Å². The van der Waals surface area contributed by atoms with Gasteiger partial charge in [-0.05, 0) is 73.6 Å². The van der Waals surface area contributed by atoms with E-state index in [-0.39, 0.29) is 41.3 Å². The Morgan fingerprint density at radius 3 is 2.44 bits per heavy atom. The standard InChI is InChI=1S/C26H36F2N6O2/c1-24(2)13-17(14-25(3,4)33(24)7)30-21-18(28)15-29-23(32-21)31-16-8-9-19-20(12-16)36-26(5,6)22(35)34(19)11-10-27/h8-9,12,15,17H,10-11,13-14H2,1-7H3,(H2,29,30,31,32). The summed E-state index contributed by atoms with van der Waals surface area (Å²) in [5.41, 5.74) is -0.146. The van der Waals surface area contributed by atoms with Gasteiger partial charge in [0.25, 0.3) is 5.91 Å². The highest BCUT2D eigenvalue weighted by molar-refractivity contribution is 6.02. The second kappa shape index (κ2) is 9.14. The molecular formula is C26H36F2N6O2. The molecule has 1 fully saturated rings. The predicted octanol–water partition coefficient (Wildman–Crippen LogP) is 4.90. The number of fused-ring (bicyclic) bond motifs is 1. The van der Waals surface area contributed by atoms with Crippen molar-refractivity contribution in [3.63, 3.8) is 0 Å². The molecule has 0 radical (unpaired) electrons. The first kappa shape index (κ1) is 26.1. The first-order valence-corrected chi connectivity index (χ1v) is 12.2. The zero-order valence-electron chi connectivity index (χ0n) is 22.1. The first-order valence-electron chi connectivity index (χ1n) is 12.2. The van der Waals surface area contributed by atoms with Gasteiger partial charge in [0.05, 0.1) is 18.4 Å². The van der Waals surface area contributed by atoms with Crippen molar-refractivity contribution >= 4 is 29.0 Å². The lowest BCUT2D eigenvalue weighted by Crippen LogP contribution is -2.61. The van der Waals surface area contributed by atoms with Gasteiger partial charge in [0.15, 0.2) is 17.2 Å². The lowest BCUT2D eigenvalue weighted by Gasteiger charge is -2.53. The van der Waals surface area contributed by atoms with Crippen LogP contribution in [0.3, 0.4) is 0 Å². The molecule has 2 aliphatic rings. The lowest BCUT2D eigenvalue weighted by atomic mass is 9.77. The highest BCUT2D eigenvalue weighted by Crippen LogP contribution is 2.40. The molecule has 1 saturated heterocycles. The van der Waals surface area contributed by atoms with E-state index in [9.17, 15) is 13.6 Å². The Morgan fingerprint density at radius 1 is 1.14 bits per heavy atom. The number of aromatic nitrogens is 2. The molecule has 2 aromatic rings. The second-order valence-corrected chi connectivity index (χ2v) is 11.4. The Labute approximate surface area is 211 Å². The van der Waals surface area contributed by atoms with Crippen molar-refractivity contribution in [1.29, 1.82) is 0 Å². The van der Waals surface area contributed by atoms with Crippen LogP contribution in [0, 0.1) is 5.82 Å². The maximum absolute atomic E-state index is 14.7. The summed E-state index contributed by atoms with van der Waals surface area (Å²) in [6.45, 7) is 11.3. The molecule has 1 amide bonds. The molecule has 196 valence electrons. The van der Waals surface area contributed by atoms with Gasteiger partial charge in [0.1, 0.15) is 12.4 Å². The van der Waals surface area contributed by atoms with E-state index in [0.29, 0.717) is 17.1 Å². The van der Waals surface area contributed by atoms with Gasteiger partial charge in [-0.1, -0.05) is 0 Å². The normalized spacial score (nSPS) is 21.0. The number of nitrogens with one attached hydrogen (secondary N) is 2. The van der Waals surface area contributed by atoms with Crippen molar-refractivity contribution in [1.82, 2.24) is 14.9 Å². The highest BCUT2D eigenvalue weighted by Gasteiger charge is 2.43. The number of anilines is 4. The van der Waals surface area contributed by atoms with E-state index in [1.54, 1.807) is 32.0 Å². The Bertz CT molecular complexity index is 1140. The Kier molecular flexibility index (Phi) is 6.61. The van der Waals surface area contributed by atoms with Crippen LogP contribution < -0.4 is 20.3 Å². The van der Waals surface area contributed by atoms with E-state index in [1.165, 1.54) is 4.90 Å². The van der Waals surface area contributed by atoms with Crippen LogP contribution in [0.5, 0.6) is 5.75 Å². The summed E-state index contributed by atoms with van der Waals surface area (Å²) in [5.74, 6) is -0.0210. The number of carbonyl (C=O) groups excluding carboxylic acids is 1. The minimum Gasteiger partial charge on any atom is -0.476 e. The monoisotopic (exact) mass is 502 g/mol. The van der Waals surface area contributed by atoms with Crippen LogP contribution in [0.15, 0.2) is 24.4 Å². The van der Waals surface area contributed by atoms with Crippen molar-refractivity contribution in [2.75, 3.05) is 35.8 Å². The number of benzene rings is 1. The highest BCUT2D eigenvalue weighted by atomic mass is 19.1. The number of amides is 1. The van der Waals surface area contributed by atoms with Crippen LogP contribution in [-0.4, -0.2) is 63.8 Å². The topological polar surface area (TPSA) is 82.6 Å². The number of likely N-dealkylation sites (tertiary alicyclic amines) is 1. The van der Waals surface area contributed by atoms with Gasteiger partial charge in [0, 0.05) is 28.9 Å². The molecule has 0 bridgehead atoms.